The normalized spacial score (nSPS) is 10.4. The minimum Gasteiger partial charge on any atom is -0.493 e. The molecule has 0 aliphatic heterocycles. The van der Waals surface area contributed by atoms with E-state index in [1.54, 1.807) is 0 Å². The molecule has 7 nitrogen and oxygen atoms in total. The molecule has 25 heavy (non-hydrogen) atoms. The molecule has 3 N–H and O–H groups in total. The van der Waals surface area contributed by atoms with Crippen LogP contribution in [-0.2, 0) is 9.53 Å². The van der Waals surface area contributed by atoms with E-state index in [0.29, 0.717) is 18.7 Å². The molecule has 8 heteroatoms. The number of ether oxygens (including phenoxy) is 3. The van der Waals surface area contributed by atoms with Gasteiger partial charge in [-0.3, -0.25) is 9.59 Å². The van der Waals surface area contributed by atoms with Crippen molar-refractivity contribution in [3.05, 3.63) is 22.7 Å². The predicted octanol–water partition coefficient (Wildman–Crippen LogP) is 2.15. The Morgan fingerprint density at radius 1 is 1.24 bits per heavy atom. The fraction of sp³-hybridized carbons (Fsp3) is 0.529. The number of amides is 2. The van der Waals surface area contributed by atoms with Gasteiger partial charge in [0.15, 0.2) is 18.1 Å². The number of carbonyl (C=O) groups is 2. The van der Waals surface area contributed by atoms with E-state index in [9.17, 15) is 9.59 Å². The Labute approximate surface area is 152 Å². The van der Waals surface area contributed by atoms with Crippen LogP contribution in [0, 0.1) is 0 Å². The highest BCUT2D eigenvalue weighted by Crippen LogP contribution is 2.36. The summed E-state index contributed by atoms with van der Waals surface area (Å²) in [6.45, 7) is 3.60. The first-order valence-corrected chi connectivity index (χ1v) is 8.52. The monoisotopic (exact) mass is 372 g/mol. The molecule has 0 aliphatic carbocycles. The Morgan fingerprint density at radius 3 is 2.60 bits per heavy atom. The van der Waals surface area contributed by atoms with E-state index in [0.717, 1.165) is 25.9 Å². The Kier molecular flexibility index (Phi) is 9.72. The quantitative estimate of drug-likeness (QED) is 0.547. The lowest BCUT2D eigenvalue weighted by Crippen LogP contribution is -2.25. The van der Waals surface area contributed by atoms with Crippen LogP contribution in [0.3, 0.4) is 0 Å². The molecule has 0 spiro atoms. The highest BCUT2D eigenvalue weighted by molar-refractivity contribution is 6.32. The summed E-state index contributed by atoms with van der Waals surface area (Å²) in [6.07, 6.45) is 2.85. The minimum atomic E-state index is -0.638. The van der Waals surface area contributed by atoms with E-state index >= 15 is 0 Å². The second kappa shape index (κ2) is 11.5. The average Bonchev–Trinajstić information content (AvgIpc) is 2.58. The second-order valence-electron chi connectivity index (χ2n) is 5.32. The van der Waals surface area contributed by atoms with E-state index < -0.39 is 5.91 Å². The third-order valence-corrected chi connectivity index (χ3v) is 3.52. The number of carbonyl (C=O) groups excluding carboxylic acids is 2. The van der Waals surface area contributed by atoms with Crippen molar-refractivity contribution in [2.24, 2.45) is 5.73 Å². The third kappa shape index (κ3) is 7.62. The summed E-state index contributed by atoms with van der Waals surface area (Å²) in [7, 11) is 1.41. The number of unbranched alkanes of at least 4 members (excludes halogenated alkanes) is 1. The van der Waals surface area contributed by atoms with E-state index in [4.69, 9.17) is 31.5 Å². The predicted molar refractivity (Wildman–Crippen MR) is 95.4 cm³/mol. The maximum absolute atomic E-state index is 12.2. The summed E-state index contributed by atoms with van der Waals surface area (Å²) in [6, 6.07) is 2.95. The fourth-order valence-corrected chi connectivity index (χ4v) is 2.23. The Balaban J connectivity index is 2.58. The van der Waals surface area contributed by atoms with Crippen molar-refractivity contribution >= 4 is 23.4 Å². The standard InChI is InChI=1S/C17H25ClN2O5/c1-3-4-7-24-8-5-6-20-17(22)12-9-13(18)16(14(10-12)23-2)25-11-15(19)21/h9-10H,3-8,11H2,1-2H3,(H2,19,21)(H,20,22). The van der Waals surface area contributed by atoms with Gasteiger partial charge >= 0.3 is 0 Å². The maximum atomic E-state index is 12.2. The van der Waals surface area contributed by atoms with Gasteiger partial charge < -0.3 is 25.3 Å². The van der Waals surface area contributed by atoms with Crippen molar-refractivity contribution in [2.45, 2.75) is 26.2 Å². The molecular weight excluding hydrogens is 348 g/mol. The topological polar surface area (TPSA) is 99.9 Å². The highest BCUT2D eigenvalue weighted by atomic mass is 35.5. The first-order valence-electron chi connectivity index (χ1n) is 8.14. The van der Waals surface area contributed by atoms with Crippen molar-refractivity contribution < 1.29 is 23.8 Å². The minimum absolute atomic E-state index is 0.161. The summed E-state index contributed by atoms with van der Waals surface area (Å²) >= 11 is 6.12. The lowest BCUT2D eigenvalue weighted by molar-refractivity contribution is -0.119. The number of nitrogens with one attached hydrogen (secondary N) is 1. The smallest absolute Gasteiger partial charge is 0.255 e. The summed E-state index contributed by atoms with van der Waals surface area (Å²) in [5.41, 5.74) is 5.38. The number of nitrogens with two attached hydrogens (primary N) is 1. The van der Waals surface area contributed by atoms with Gasteiger partial charge in [-0.1, -0.05) is 24.9 Å². The van der Waals surface area contributed by atoms with Crippen LogP contribution in [0.5, 0.6) is 11.5 Å². The Hall–Kier alpha value is -1.99. The molecule has 1 rings (SSSR count). The van der Waals surface area contributed by atoms with Crippen LogP contribution >= 0.6 is 11.6 Å². The van der Waals surface area contributed by atoms with Gasteiger partial charge in [-0.2, -0.15) is 0 Å². The summed E-state index contributed by atoms with van der Waals surface area (Å²) in [5, 5.41) is 2.95. The van der Waals surface area contributed by atoms with Gasteiger partial charge in [0, 0.05) is 25.3 Å². The molecule has 0 saturated carbocycles. The maximum Gasteiger partial charge on any atom is 0.255 e. The summed E-state index contributed by atoms with van der Waals surface area (Å²) in [4.78, 5) is 23.0. The van der Waals surface area contributed by atoms with E-state index in [1.165, 1.54) is 19.2 Å². The largest absolute Gasteiger partial charge is 0.493 e. The van der Waals surface area contributed by atoms with Crippen LogP contribution in [-0.4, -0.2) is 45.3 Å². The highest BCUT2D eigenvalue weighted by Gasteiger charge is 2.16. The zero-order valence-corrected chi connectivity index (χ0v) is 15.4. The molecule has 0 bridgehead atoms. The van der Waals surface area contributed by atoms with Crippen LogP contribution in [0.2, 0.25) is 5.02 Å². The van der Waals surface area contributed by atoms with Crippen LogP contribution in [0.1, 0.15) is 36.5 Å². The number of halogens is 1. The van der Waals surface area contributed by atoms with Gasteiger partial charge in [-0.15, -0.1) is 0 Å². The van der Waals surface area contributed by atoms with Gasteiger partial charge in [0.2, 0.25) is 0 Å². The van der Waals surface area contributed by atoms with Gasteiger partial charge in [0.25, 0.3) is 11.8 Å². The Morgan fingerprint density at radius 2 is 1.96 bits per heavy atom. The summed E-state index contributed by atoms with van der Waals surface area (Å²) in [5.74, 6) is -0.498. The van der Waals surface area contributed by atoms with Crippen LogP contribution in [0.15, 0.2) is 12.1 Å². The lowest BCUT2D eigenvalue weighted by Gasteiger charge is -2.13. The molecule has 0 aliphatic rings. The molecule has 0 saturated heterocycles. The molecule has 0 unspecified atom stereocenters. The van der Waals surface area contributed by atoms with E-state index in [-0.39, 0.29) is 29.0 Å². The molecule has 0 aromatic heterocycles. The van der Waals surface area contributed by atoms with Crippen LogP contribution < -0.4 is 20.5 Å². The first kappa shape index (κ1) is 21.1. The molecule has 140 valence electrons. The van der Waals surface area contributed by atoms with Crippen LogP contribution in [0.4, 0.5) is 0 Å². The molecule has 1 aromatic rings. The van der Waals surface area contributed by atoms with Gasteiger partial charge in [0.05, 0.1) is 12.1 Å². The van der Waals surface area contributed by atoms with E-state index in [2.05, 4.69) is 12.2 Å². The van der Waals surface area contributed by atoms with Crippen molar-refractivity contribution in [1.82, 2.24) is 5.32 Å². The number of methoxy groups -OCH3 is 1. The number of hydrogen-bond acceptors (Lipinski definition) is 5. The second-order valence-corrected chi connectivity index (χ2v) is 5.73. The fourth-order valence-electron chi connectivity index (χ4n) is 1.96. The third-order valence-electron chi connectivity index (χ3n) is 3.24. The van der Waals surface area contributed by atoms with Crippen molar-refractivity contribution in [3.8, 4) is 11.5 Å². The number of primary amides is 1. The molecular formula is C17H25ClN2O5. The Bertz CT molecular complexity index is 580. The zero-order valence-electron chi connectivity index (χ0n) is 14.6. The van der Waals surface area contributed by atoms with Gasteiger partial charge in [-0.25, -0.2) is 0 Å². The SMILES string of the molecule is CCCCOCCCNC(=O)c1cc(Cl)c(OCC(N)=O)c(OC)c1. The molecule has 0 radical (unpaired) electrons. The zero-order chi connectivity index (χ0) is 18.7. The van der Waals surface area contributed by atoms with Crippen molar-refractivity contribution in [3.63, 3.8) is 0 Å². The lowest BCUT2D eigenvalue weighted by atomic mass is 10.2. The molecule has 0 heterocycles. The number of benzene rings is 1. The van der Waals surface area contributed by atoms with E-state index in [1.807, 2.05) is 0 Å². The first-order chi connectivity index (χ1) is 12.0. The average molecular weight is 373 g/mol. The molecule has 0 atom stereocenters. The molecule has 1 aromatic carbocycles. The number of hydrogen-bond donors (Lipinski definition) is 2. The van der Waals surface area contributed by atoms with Gasteiger partial charge in [0.1, 0.15) is 0 Å². The van der Waals surface area contributed by atoms with Crippen molar-refractivity contribution in [2.75, 3.05) is 33.5 Å². The number of rotatable bonds is 12. The van der Waals surface area contributed by atoms with Crippen LogP contribution in [0.25, 0.3) is 0 Å². The van der Waals surface area contributed by atoms with Gasteiger partial charge in [-0.05, 0) is 25.0 Å². The summed E-state index contributed by atoms with van der Waals surface area (Å²) < 4.78 is 15.8. The molecule has 0 fully saturated rings. The molecule has 2 amide bonds. The van der Waals surface area contributed by atoms with Crippen molar-refractivity contribution in [1.29, 1.82) is 0 Å².